The van der Waals surface area contributed by atoms with Crippen LogP contribution >= 0.6 is 58.8 Å². The van der Waals surface area contributed by atoms with E-state index in [2.05, 4.69) is 103 Å². The number of urea groups is 1. The molecular formula is C49H79N5O4S5. The first kappa shape index (κ1) is 55.2. The number of carbonyl (C=O) groups excluding carboxylic acids is 4. The van der Waals surface area contributed by atoms with Crippen LogP contribution in [0.25, 0.3) is 0 Å². The van der Waals surface area contributed by atoms with Gasteiger partial charge in [0.2, 0.25) is 0 Å². The molecule has 3 aliphatic rings. The molecule has 5 rings (SSSR count). The summed E-state index contributed by atoms with van der Waals surface area (Å²) in [5, 5.41) is 16.5. The van der Waals surface area contributed by atoms with Crippen molar-refractivity contribution in [3.05, 3.63) is 70.3 Å². The number of hydrogen-bond acceptors (Lipinski definition) is 9. The summed E-state index contributed by atoms with van der Waals surface area (Å²) >= 11 is 7.97. The van der Waals surface area contributed by atoms with Crippen molar-refractivity contribution in [2.45, 2.75) is 148 Å². The van der Waals surface area contributed by atoms with Crippen molar-refractivity contribution >= 4 is 80.6 Å². The molecule has 0 spiro atoms. The molecule has 9 nitrogen and oxygen atoms in total. The van der Waals surface area contributed by atoms with Gasteiger partial charge in [-0.05, 0) is 110 Å². The largest absolute Gasteiger partial charge is 0.347 e. The van der Waals surface area contributed by atoms with E-state index in [1.807, 2.05) is 24.3 Å². The van der Waals surface area contributed by atoms with Crippen molar-refractivity contribution in [3.63, 3.8) is 0 Å². The summed E-state index contributed by atoms with van der Waals surface area (Å²) in [6.45, 7) is 13.7. The number of benzene rings is 2. The van der Waals surface area contributed by atoms with Gasteiger partial charge in [0.1, 0.15) is 0 Å². The number of aryl methyl sites for hydroxylation is 2. The minimum absolute atomic E-state index is 0.00366. The topological polar surface area (TPSA) is 128 Å². The van der Waals surface area contributed by atoms with E-state index in [0.717, 1.165) is 95.6 Å². The Balaban J connectivity index is 0.000000254. The predicted octanol–water partition coefficient (Wildman–Crippen LogP) is 12.5. The number of amides is 5. The molecule has 4 unspecified atom stereocenters. The summed E-state index contributed by atoms with van der Waals surface area (Å²) < 4.78 is 0. The van der Waals surface area contributed by atoms with E-state index >= 15 is 0 Å². The van der Waals surface area contributed by atoms with Crippen molar-refractivity contribution in [1.29, 1.82) is 0 Å². The second-order valence-corrected chi connectivity index (χ2v) is 22.2. The molecule has 0 radical (unpaired) electrons. The van der Waals surface area contributed by atoms with Crippen LogP contribution in [0.5, 0.6) is 0 Å². The number of thioether (sulfide) groups is 5. The number of carbonyl (C=O) groups is 4. The first-order chi connectivity index (χ1) is 30.5. The van der Waals surface area contributed by atoms with Gasteiger partial charge in [-0.3, -0.25) is 14.4 Å². The summed E-state index contributed by atoms with van der Waals surface area (Å²) in [5.74, 6) is 5.89. The van der Waals surface area contributed by atoms with Crippen LogP contribution in [0.3, 0.4) is 0 Å². The molecule has 354 valence electrons. The van der Waals surface area contributed by atoms with Gasteiger partial charge < -0.3 is 26.6 Å². The molecule has 5 N–H and O–H groups in total. The lowest BCUT2D eigenvalue weighted by Crippen LogP contribution is -2.44. The van der Waals surface area contributed by atoms with E-state index in [1.54, 1.807) is 12.5 Å². The van der Waals surface area contributed by atoms with Gasteiger partial charge in [0.05, 0.1) is 0 Å². The van der Waals surface area contributed by atoms with Crippen molar-refractivity contribution < 1.29 is 19.2 Å². The van der Waals surface area contributed by atoms with Crippen LogP contribution in [0.1, 0.15) is 126 Å². The van der Waals surface area contributed by atoms with E-state index in [-0.39, 0.29) is 21.7 Å². The fraction of sp³-hybridized carbons (Fsp3) is 0.673. The van der Waals surface area contributed by atoms with Crippen LogP contribution in [-0.2, 0) is 25.9 Å². The summed E-state index contributed by atoms with van der Waals surface area (Å²) in [7, 11) is 0. The zero-order valence-corrected chi connectivity index (χ0v) is 43.4. The van der Waals surface area contributed by atoms with Gasteiger partial charge >= 0.3 is 6.03 Å². The molecular weight excluding hydrogens is 883 g/mol. The van der Waals surface area contributed by atoms with Gasteiger partial charge in [0.25, 0.3) is 15.7 Å². The lowest BCUT2D eigenvalue weighted by Gasteiger charge is -2.29. The Morgan fingerprint density at radius 1 is 0.667 bits per heavy atom. The molecule has 1 aliphatic heterocycles. The molecule has 4 atom stereocenters. The Morgan fingerprint density at radius 2 is 1.30 bits per heavy atom. The van der Waals surface area contributed by atoms with E-state index in [4.69, 9.17) is 0 Å². The first-order valence-electron chi connectivity index (χ1n) is 23.5. The minimum atomic E-state index is -0.0453. The maximum absolute atomic E-state index is 12.1. The highest BCUT2D eigenvalue weighted by atomic mass is 32.2. The molecule has 2 aliphatic carbocycles. The van der Waals surface area contributed by atoms with E-state index in [0.29, 0.717) is 30.9 Å². The van der Waals surface area contributed by atoms with Crippen LogP contribution < -0.4 is 26.6 Å². The van der Waals surface area contributed by atoms with Gasteiger partial charge in [-0.1, -0.05) is 144 Å². The van der Waals surface area contributed by atoms with E-state index < -0.39 is 0 Å². The SMILES string of the molecule is CCC1CCC(CNC(=O)SCC2CSC(CC)CS2)CC1.CCc1ccc(C)c(CCNC(=O)NC2CCCC(CC)C2)c1.CSC(=O)NCc1cccc(CNC(=O)SC)c1. The Bertz CT molecular complexity index is 1570. The maximum Gasteiger partial charge on any atom is 0.315 e. The highest BCUT2D eigenvalue weighted by Crippen LogP contribution is 2.34. The molecule has 0 bridgehead atoms. The molecule has 3 fully saturated rings. The molecule has 14 heteroatoms. The third kappa shape index (κ3) is 23.2. The number of hydrogen-bond donors (Lipinski definition) is 5. The van der Waals surface area contributed by atoms with Crippen molar-refractivity contribution in [2.24, 2.45) is 17.8 Å². The summed E-state index contributed by atoms with van der Waals surface area (Å²) in [5.41, 5.74) is 6.06. The van der Waals surface area contributed by atoms with Crippen molar-refractivity contribution in [3.8, 4) is 0 Å². The van der Waals surface area contributed by atoms with E-state index in [9.17, 15) is 19.2 Å². The normalized spacial score (nSPS) is 21.9. The van der Waals surface area contributed by atoms with Crippen molar-refractivity contribution in [2.75, 3.05) is 42.9 Å². The number of nitrogens with one attached hydrogen (secondary N) is 5. The highest BCUT2D eigenvalue weighted by molar-refractivity contribution is 8.15. The average molecular weight is 963 g/mol. The molecule has 5 amide bonds. The standard InChI is InChI=1S/C20H32N2O.C17H31NOS3.C12H16N2O2S2/c1-4-16-7-6-8-19(14-16)22-20(23)21-12-11-18-13-17(5-2)10-9-15(18)3;1-3-13-5-7-14(8-6-13)9-18-17(19)22-12-16-11-20-15(4-2)10-21-16;1-17-11(15)13-7-9-4-3-5-10(6-9)8-14-12(16)18-2/h9-10,13,16,19H,4-8,11-12,14H2,1-3H3,(H2,21,22,23);13-16H,3-12H2,1-2H3,(H,18,19);3-6H,7-8H2,1-2H3,(H,13,15)(H,14,16). The summed E-state index contributed by atoms with van der Waals surface area (Å²) in [4.78, 5) is 46.3. The van der Waals surface area contributed by atoms with Gasteiger partial charge in [0.15, 0.2) is 0 Å². The zero-order valence-electron chi connectivity index (χ0n) is 39.3. The molecule has 2 aromatic rings. The van der Waals surface area contributed by atoms with Gasteiger partial charge in [-0.15, -0.1) is 0 Å². The maximum atomic E-state index is 12.1. The molecule has 2 saturated carbocycles. The molecule has 63 heavy (non-hydrogen) atoms. The Hall–Kier alpha value is -2.13. The smallest absolute Gasteiger partial charge is 0.315 e. The minimum Gasteiger partial charge on any atom is -0.347 e. The van der Waals surface area contributed by atoms with Crippen LogP contribution in [0.15, 0.2) is 42.5 Å². The van der Waals surface area contributed by atoms with Gasteiger partial charge in [0, 0.05) is 60.0 Å². The van der Waals surface area contributed by atoms with Gasteiger partial charge in [-0.25, -0.2) is 4.79 Å². The van der Waals surface area contributed by atoms with E-state index in [1.165, 1.54) is 97.7 Å². The first-order valence-corrected chi connectivity index (χ1v) is 29.0. The lowest BCUT2D eigenvalue weighted by atomic mass is 9.81. The monoisotopic (exact) mass is 961 g/mol. The van der Waals surface area contributed by atoms with Gasteiger partial charge in [-0.2, -0.15) is 23.5 Å². The quantitative estimate of drug-likeness (QED) is 0.112. The van der Waals surface area contributed by atoms with Crippen LogP contribution in [0.4, 0.5) is 19.2 Å². The Labute approximate surface area is 402 Å². The molecule has 1 heterocycles. The summed E-state index contributed by atoms with van der Waals surface area (Å²) in [6, 6.07) is 14.8. The fourth-order valence-electron chi connectivity index (χ4n) is 8.10. The predicted molar refractivity (Wildman–Crippen MR) is 279 cm³/mol. The summed E-state index contributed by atoms with van der Waals surface area (Å²) in [6.07, 6.45) is 19.4. The van der Waals surface area contributed by atoms with Crippen LogP contribution in [0.2, 0.25) is 0 Å². The zero-order chi connectivity index (χ0) is 45.8. The fourth-order valence-corrected chi connectivity index (χ4v) is 12.7. The van der Waals surface area contributed by atoms with Crippen LogP contribution in [-0.4, -0.2) is 81.2 Å². The number of rotatable bonds is 16. The average Bonchev–Trinajstić information content (AvgIpc) is 3.32. The van der Waals surface area contributed by atoms with Crippen LogP contribution in [0, 0.1) is 24.7 Å². The highest BCUT2D eigenvalue weighted by Gasteiger charge is 2.24. The molecule has 1 saturated heterocycles. The lowest BCUT2D eigenvalue weighted by molar-refractivity contribution is 0.224. The molecule has 2 aromatic carbocycles. The Morgan fingerprint density at radius 3 is 1.89 bits per heavy atom. The second kappa shape index (κ2) is 32.5. The third-order valence-electron chi connectivity index (χ3n) is 12.4. The second-order valence-electron chi connectivity index (χ2n) is 17.0. The van der Waals surface area contributed by atoms with Crippen molar-refractivity contribution in [1.82, 2.24) is 26.6 Å². The Kier molecular flexibility index (Phi) is 28.5. The third-order valence-corrected chi connectivity index (χ3v) is 18.0. The molecule has 0 aromatic heterocycles.